The molecule has 1 aliphatic heterocycles. The molecule has 1 aromatic heterocycles. The van der Waals surface area contributed by atoms with E-state index in [1.54, 1.807) is 10.8 Å². The van der Waals surface area contributed by atoms with Crippen LogP contribution in [0.2, 0.25) is 0 Å². The zero-order valence-corrected chi connectivity index (χ0v) is 13.0. The van der Waals surface area contributed by atoms with Crippen LogP contribution in [0.3, 0.4) is 0 Å². The summed E-state index contributed by atoms with van der Waals surface area (Å²) in [4.78, 5) is 17.1. The zero-order valence-electron chi connectivity index (χ0n) is 13.0. The Labute approximate surface area is 130 Å². The fourth-order valence-electron chi connectivity index (χ4n) is 2.85. The molecule has 2 heterocycles. The molecule has 2 aromatic rings. The number of nitrogens with zero attached hydrogens (tertiary/aromatic N) is 2. The first-order chi connectivity index (χ1) is 10.8. The number of ether oxygens (including phenoxy) is 1. The molecule has 1 aliphatic rings. The third-order valence-corrected chi connectivity index (χ3v) is 4.09. The lowest BCUT2D eigenvalue weighted by Crippen LogP contribution is -2.20. The van der Waals surface area contributed by atoms with Crippen molar-refractivity contribution in [3.05, 3.63) is 46.7 Å². The highest BCUT2D eigenvalue weighted by Crippen LogP contribution is 2.25. The van der Waals surface area contributed by atoms with Crippen molar-refractivity contribution in [2.75, 3.05) is 6.61 Å². The number of unbranched alkanes of at least 4 members (excludes halogenated alkanes) is 3. The van der Waals surface area contributed by atoms with Gasteiger partial charge in [0.15, 0.2) is 0 Å². The molecule has 0 bridgehead atoms. The second kappa shape index (κ2) is 6.77. The van der Waals surface area contributed by atoms with E-state index in [2.05, 4.69) is 11.9 Å². The predicted molar refractivity (Wildman–Crippen MR) is 88.7 cm³/mol. The molecule has 0 aliphatic carbocycles. The molecule has 0 spiro atoms. The number of hydrogen-bond donors (Lipinski definition) is 0. The SMILES string of the molecule is CCCCCCO/C=C1\CCn2c1nc1ccccc1c2=O. The van der Waals surface area contributed by atoms with Gasteiger partial charge >= 0.3 is 0 Å². The van der Waals surface area contributed by atoms with Crippen LogP contribution in [0.4, 0.5) is 0 Å². The minimum absolute atomic E-state index is 0.0481. The Morgan fingerprint density at radius 1 is 1.27 bits per heavy atom. The van der Waals surface area contributed by atoms with Gasteiger partial charge in [-0.2, -0.15) is 0 Å². The van der Waals surface area contributed by atoms with Crippen LogP contribution in [0, 0.1) is 0 Å². The van der Waals surface area contributed by atoms with Crippen LogP contribution in [-0.2, 0) is 11.3 Å². The number of benzene rings is 1. The maximum Gasteiger partial charge on any atom is 0.261 e. The molecule has 0 saturated heterocycles. The van der Waals surface area contributed by atoms with Gasteiger partial charge in [0.2, 0.25) is 0 Å². The molecule has 0 radical (unpaired) electrons. The second-order valence-electron chi connectivity index (χ2n) is 5.73. The van der Waals surface area contributed by atoms with Crippen molar-refractivity contribution in [2.24, 2.45) is 0 Å². The zero-order chi connectivity index (χ0) is 15.4. The first kappa shape index (κ1) is 14.8. The Morgan fingerprint density at radius 2 is 2.14 bits per heavy atom. The van der Waals surface area contributed by atoms with Crippen molar-refractivity contribution >= 4 is 16.5 Å². The fraction of sp³-hybridized carbons (Fsp3) is 0.444. The third kappa shape index (κ3) is 2.91. The standard InChI is InChI=1S/C18H22N2O2/c1-2-3-4-7-12-22-13-14-10-11-20-17(14)19-16-9-6-5-8-15(16)18(20)21/h5-6,8-9,13H,2-4,7,10-12H2,1H3/b14-13+. The Hall–Kier alpha value is -2.10. The maximum atomic E-state index is 12.5. The summed E-state index contributed by atoms with van der Waals surface area (Å²) in [7, 11) is 0. The van der Waals surface area contributed by atoms with Gasteiger partial charge < -0.3 is 4.74 Å². The molecule has 0 atom stereocenters. The van der Waals surface area contributed by atoms with Crippen LogP contribution < -0.4 is 5.56 Å². The molecule has 0 saturated carbocycles. The molecule has 4 heteroatoms. The lowest BCUT2D eigenvalue weighted by molar-refractivity contribution is 0.241. The number of hydrogen-bond acceptors (Lipinski definition) is 3. The van der Waals surface area contributed by atoms with Crippen molar-refractivity contribution in [1.29, 1.82) is 0 Å². The van der Waals surface area contributed by atoms with Crippen LogP contribution in [0.1, 0.15) is 44.9 Å². The first-order valence-electron chi connectivity index (χ1n) is 8.12. The van der Waals surface area contributed by atoms with Crippen LogP contribution >= 0.6 is 0 Å². The van der Waals surface area contributed by atoms with E-state index < -0.39 is 0 Å². The van der Waals surface area contributed by atoms with Crippen molar-refractivity contribution in [3.63, 3.8) is 0 Å². The third-order valence-electron chi connectivity index (χ3n) is 4.09. The van der Waals surface area contributed by atoms with Crippen molar-refractivity contribution in [1.82, 2.24) is 9.55 Å². The average molecular weight is 298 g/mol. The summed E-state index contributed by atoms with van der Waals surface area (Å²) in [5, 5.41) is 0.688. The highest BCUT2D eigenvalue weighted by molar-refractivity contribution is 5.79. The highest BCUT2D eigenvalue weighted by Gasteiger charge is 2.20. The fourth-order valence-corrected chi connectivity index (χ4v) is 2.85. The monoisotopic (exact) mass is 298 g/mol. The Kier molecular flexibility index (Phi) is 4.56. The normalized spacial score (nSPS) is 15.4. The molecule has 116 valence electrons. The van der Waals surface area contributed by atoms with Crippen molar-refractivity contribution in [2.45, 2.75) is 45.6 Å². The predicted octanol–water partition coefficient (Wildman–Crippen LogP) is 3.74. The largest absolute Gasteiger partial charge is 0.501 e. The summed E-state index contributed by atoms with van der Waals surface area (Å²) < 4.78 is 7.41. The molecule has 1 aromatic carbocycles. The average Bonchev–Trinajstić information content (AvgIpc) is 2.94. The van der Waals surface area contributed by atoms with E-state index in [-0.39, 0.29) is 5.56 Å². The summed E-state index contributed by atoms with van der Waals surface area (Å²) in [6, 6.07) is 7.51. The van der Waals surface area contributed by atoms with Crippen LogP contribution in [-0.4, -0.2) is 16.2 Å². The first-order valence-corrected chi connectivity index (χ1v) is 8.12. The topological polar surface area (TPSA) is 44.1 Å². The van der Waals surface area contributed by atoms with Gasteiger partial charge in [-0.1, -0.05) is 38.3 Å². The lowest BCUT2D eigenvalue weighted by Gasteiger charge is -2.05. The van der Waals surface area contributed by atoms with Gasteiger partial charge in [0.25, 0.3) is 5.56 Å². The van der Waals surface area contributed by atoms with E-state index in [1.165, 1.54) is 19.3 Å². The van der Waals surface area contributed by atoms with E-state index in [1.807, 2.05) is 24.3 Å². The summed E-state index contributed by atoms with van der Waals surface area (Å²) in [5.41, 5.74) is 1.83. The van der Waals surface area contributed by atoms with Crippen molar-refractivity contribution in [3.8, 4) is 0 Å². The van der Waals surface area contributed by atoms with Gasteiger partial charge in [-0.05, 0) is 25.0 Å². The van der Waals surface area contributed by atoms with E-state index in [0.29, 0.717) is 11.9 Å². The van der Waals surface area contributed by atoms with E-state index in [9.17, 15) is 4.79 Å². The summed E-state index contributed by atoms with van der Waals surface area (Å²) in [6.45, 7) is 3.63. The van der Waals surface area contributed by atoms with Gasteiger partial charge in [0.1, 0.15) is 5.82 Å². The molecule has 4 nitrogen and oxygen atoms in total. The van der Waals surface area contributed by atoms with Gasteiger partial charge in [-0.3, -0.25) is 9.36 Å². The molecule has 3 rings (SSSR count). The summed E-state index contributed by atoms with van der Waals surface area (Å²) >= 11 is 0. The maximum absolute atomic E-state index is 12.5. The van der Waals surface area contributed by atoms with E-state index in [0.717, 1.165) is 36.4 Å². The van der Waals surface area contributed by atoms with Crippen LogP contribution in [0.5, 0.6) is 0 Å². The molecule has 0 N–H and O–H groups in total. The Balaban J connectivity index is 1.78. The molecule has 0 unspecified atom stereocenters. The van der Waals surface area contributed by atoms with E-state index in [4.69, 9.17) is 4.74 Å². The molecule has 0 fully saturated rings. The van der Waals surface area contributed by atoms with Gasteiger partial charge in [-0.15, -0.1) is 0 Å². The second-order valence-corrected chi connectivity index (χ2v) is 5.73. The lowest BCUT2D eigenvalue weighted by atomic mass is 10.2. The van der Waals surface area contributed by atoms with Crippen molar-refractivity contribution < 1.29 is 4.74 Å². The summed E-state index contributed by atoms with van der Waals surface area (Å²) in [6.07, 6.45) is 7.38. The van der Waals surface area contributed by atoms with Gasteiger partial charge in [0.05, 0.1) is 23.8 Å². The minimum atomic E-state index is 0.0481. The summed E-state index contributed by atoms with van der Waals surface area (Å²) in [5.74, 6) is 0.761. The Morgan fingerprint density at radius 3 is 3.00 bits per heavy atom. The molecular formula is C18H22N2O2. The number of fused-ring (bicyclic) bond motifs is 2. The number of aromatic nitrogens is 2. The quantitative estimate of drug-likeness (QED) is 0.603. The van der Waals surface area contributed by atoms with Gasteiger partial charge in [-0.25, -0.2) is 4.98 Å². The smallest absolute Gasteiger partial charge is 0.261 e. The van der Waals surface area contributed by atoms with Crippen LogP contribution in [0.25, 0.3) is 16.5 Å². The highest BCUT2D eigenvalue weighted by atomic mass is 16.5. The molecular weight excluding hydrogens is 276 g/mol. The van der Waals surface area contributed by atoms with E-state index >= 15 is 0 Å². The van der Waals surface area contributed by atoms with Crippen LogP contribution in [0.15, 0.2) is 35.3 Å². The molecule has 22 heavy (non-hydrogen) atoms. The number of rotatable bonds is 6. The number of allylic oxidation sites excluding steroid dienone is 1. The number of para-hydroxylation sites is 1. The Bertz CT molecular complexity index is 746. The molecule has 0 amide bonds. The minimum Gasteiger partial charge on any atom is -0.501 e. The van der Waals surface area contributed by atoms with Gasteiger partial charge in [0, 0.05) is 12.1 Å².